The van der Waals surface area contributed by atoms with Crippen molar-refractivity contribution in [2.24, 2.45) is 29.1 Å². The van der Waals surface area contributed by atoms with Gasteiger partial charge in [0.15, 0.2) is 0 Å². The highest BCUT2D eigenvalue weighted by molar-refractivity contribution is 5.80. The average molecular weight is 220 g/mol. The van der Waals surface area contributed by atoms with Crippen molar-refractivity contribution in [3.05, 3.63) is 0 Å². The summed E-state index contributed by atoms with van der Waals surface area (Å²) < 4.78 is 0. The second-order valence-electron chi connectivity index (χ2n) is 7.08. The lowest BCUT2D eigenvalue weighted by Gasteiger charge is -2.60. The summed E-state index contributed by atoms with van der Waals surface area (Å²) in [5.41, 5.74) is 0.617. The molecule has 16 heavy (non-hydrogen) atoms. The molecule has 0 spiro atoms. The zero-order valence-electron chi connectivity index (χ0n) is 10.7. The Balaban J connectivity index is 1.61. The van der Waals surface area contributed by atoms with Crippen molar-refractivity contribution in [3.63, 3.8) is 0 Å². The highest BCUT2D eigenvalue weighted by atomic mass is 16.1. The summed E-state index contributed by atoms with van der Waals surface area (Å²) in [5.74, 6) is 4.19. The summed E-state index contributed by atoms with van der Waals surface area (Å²) in [6.07, 6.45) is 8.69. The first-order valence-electron chi connectivity index (χ1n) is 7.09. The number of ketones is 1. The van der Waals surface area contributed by atoms with Gasteiger partial charge in [0.25, 0.3) is 0 Å². The monoisotopic (exact) mass is 220 g/mol. The van der Waals surface area contributed by atoms with Crippen LogP contribution in [-0.2, 0) is 4.79 Å². The van der Waals surface area contributed by atoms with Crippen LogP contribution in [0.15, 0.2) is 0 Å². The Labute approximate surface area is 99.0 Å². The molecule has 0 saturated heterocycles. The van der Waals surface area contributed by atoms with Crippen LogP contribution in [0.5, 0.6) is 0 Å². The highest BCUT2D eigenvalue weighted by Gasteiger charge is 2.54. The van der Waals surface area contributed by atoms with E-state index in [0.717, 1.165) is 36.5 Å². The van der Waals surface area contributed by atoms with Crippen molar-refractivity contribution in [2.45, 2.75) is 58.8 Å². The van der Waals surface area contributed by atoms with Crippen LogP contribution in [0, 0.1) is 29.1 Å². The van der Waals surface area contributed by atoms with E-state index in [-0.39, 0.29) is 0 Å². The molecule has 0 radical (unpaired) electrons. The number of carbonyl (C=O) groups is 1. The lowest BCUT2D eigenvalue weighted by Crippen LogP contribution is -2.52. The number of hydrogen-bond acceptors (Lipinski definition) is 1. The normalized spacial score (nSPS) is 45.5. The van der Waals surface area contributed by atoms with E-state index < -0.39 is 0 Å². The first-order chi connectivity index (χ1) is 7.57. The summed E-state index contributed by atoms with van der Waals surface area (Å²) in [6.45, 7) is 4.94. The maximum atomic E-state index is 11.3. The standard InChI is InChI=1S/C15H24O/c1-15(2)12-5-4-11(14(15)9-12)7-10-3-6-13(16)8-10/h10-12,14H,3-9H2,1-2H3/t10?,11-,12-,14-/m0/s1. The third kappa shape index (κ3) is 1.55. The highest BCUT2D eigenvalue weighted by Crippen LogP contribution is 2.62. The maximum Gasteiger partial charge on any atom is 0.133 e. The van der Waals surface area contributed by atoms with Crippen LogP contribution < -0.4 is 0 Å². The number of fused-ring (bicyclic) bond motifs is 2. The van der Waals surface area contributed by atoms with Crippen LogP contribution in [-0.4, -0.2) is 5.78 Å². The third-order valence-corrected chi connectivity index (χ3v) is 5.99. The van der Waals surface area contributed by atoms with Gasteiger partial charge in [0.1, 0.15) is 5.78 Å². The molecule has 0 aliphatic heterocycles. The summed E-state index contributed by atoms with van der Waals surface area (Å²) >= 11 is 0. The van der Waals surface area contributed by atoms with Gasteiger partial charge in [-0.05, 0) is 61.2 Å². The molecule has 4 rings (SSSR count). The molecule has 1 nitrogen and oxygen atoms in total. The molecular formula is C15H24O. The van der Waals surface area contributed by atoms with Gasteiger partial charge in [0.05, 0.1) is 0 Å². The fourth-order valence-corrected chi connectivity index (χ4v) is 4.77. The van der Waals surface area contributed by atoms with Gasteiger partial charge in [-0.25, -0.2) is 0 Å². The van der Waals surface area contributed by atoms with Crippen molar-refractivity contribution in [2.75, 3.05) is 0 Å². The van der Waals surface area contributed by atoms with E-state index >= 15 is 0 Å². The summed E-state index contributed by atoms with van der Waals surface area (Å²) in [6, 6.07) is 0. The average Bonchev–Trinajstić information content (AvgIpc) is 2.64. The van der Waals surface area contributed by atoms with E-state index in [4.69, 9.17) is 0 Å². The zero-order chi connectivity index (χ0) is 11.3. The quantitative estimate of drug-likeness (QED) is 0.691. The Morgan fingerprint density at radius 1 is 1.25 bits per heavy atom. The number of carbonyl (C=O) groups excluding carboxylic acids is 1. The lowest BCUT2D eigenvalue weighted by atomic mass is 9.45. The fourth-order valence-electron chi connectivity index (χ4n) is 4.77. The molecule has 0 heterocycles. The van der Waals surface area contributed by atoms with E-state index in [0.29, 0.717) is 11.2 Å². The van der Waals surface area contributed by atoms with Gasteiger partial charge in [0.2, 0.25) is 0 Å². The van der Waals surface area contributed by atoms with Crippen molar-refractivity contribution >= 4 is 5.78 Å². The number of hydrogen-bond donors (Lipinski definition) is 0. The number of rotatable bonds is 2. The van der Waals surface area contributed by atoms with Crippen LogP contribution in [0.3, 0.4) is 0 Å². The van der Waals surface area contributed by atoms with Crippen LogP contribution in [0.25, 0.3) is 0 Å². The van der Waals surface area contributed by atoms with Gasteiger partial charge in [-0.15, -0.1) is 0 Å². The van der Waals surface area contributed by atoms with Gasteiger partial charge >= 0.3 is 0 Å². The second-order valence-corrected chi connectivity index (χ2v) is 7.08. The minimum absolute atomic E-state index is 0.520. The molecule has 90 valence electrons. The largest absolute Gasteiger partial charge is 0.300 e. The Kier molecular flexibility index (Phi) is 2.42. The van der Waals surface area contributed by atoms with Crippen molar-refractivity contribution in [1.29, 1.82) is 0 Å². The van der Waals surface area contributed by atoms with E-state index in [1.165, 1.54) is 32.1 Å². The minimum atomic E-state index is 0.520. The predicted octanol–water partition coefficient (Wildman–Crippen LogP) is 3.82. The molecule has 1 heteroatoms. The van der Waals surface area contributed by atoms with Crippen LogP contribution >= 0.6 is 0 Å². The Morgan fingerprint density at radius 2 is 2.06 bits per heavy atom. The van der Waals surface area contributed by atoms with Gasteiger partial charge in [-0.1, -0.05) is 13.8 Å². The summed E-state index contributed by atoms with van der Waals surface area (Å²) in [5, 5.41) is 0. The first kappa shape index (κ1) is 10.8. The molecule has 4 aliphatic carbocycles. The van der Waals surface area contributed by atoms with Crippen LogP contribution in [0.1, 0.15) is 58.8 Å². The molecule has 0 aromatic heterocycles. The van der Waals surface area contributed by atoms with Crippen molar-refractivity contribution in [1.82, 2.24) is 0 Å². The zero-order valence-corrected chi connectivity index (χ0v) is 10.7. The fraction of sp³-hybridized carbons (Fsp3) is 0.933. The van der Waals surface area contributed by atoms with E-state index in [9.17, 15) is 4.79 Å². The number of Topliss-reactive ketones (excluding diaryl/α,β-unsaturated/α-hetero) is 1. The van der Waals surface area contributed by atoms with Gasteiger partial charge in [-0.3, -0.25) is 4.79 Å². The van der Waals surface area contributed by atoms with Crippen molar-refractivity contribution < 1.29 is 4.79 Å². The van der Waals surface area contributed by atoms with E-state index in [2.05, 4.69) is 13.8 Å². The minimum Gasteiger partial charge on any atom is -0.300 e. The van der Waals surface area contributed by atoms with Crippen LogP contribution in [0.4, 0.5) is 0 Å². The Morgan fingerprint density at radius 3 is 2.62 bits per heavy atom. The molecule has 4 fully saturated rings. The Bertz CT molecular complexity index is 303. The molecule has 1 unspecified atom stereocenters. The van der Waals surface area contributed by atoms with Crippen molar-refractivity contribution in [3.8, 4) is 0 Å². The predicted molar refractivity (Wildman–Crippen MR) is 65.1 cm³/mol. The molecule has 4 saturated carbocycles. The maximum absolute atomic E-state index is 11.3. The lowest BCUT2D eigenvalue weighted by molar-refractivity contribution is -0.118. The second kappa shape index (κ2) is 3.58. The molecule has 4 aliphatic rings. The summed E-state index contributed by atoms with van der Waals surface area (Å²) in [7, 11) is 0. The molecule has 0 N–H and O–H groups in total. The molecule has 0 aromatic carbocycles. The smallest absolute Gasteiger partial charge is 0.133 e. The molecule has 0 amide bonds. The van der Waals surface area contributed by atoms with Gasteiger partial charge in [-0.2, -0.15) is 0 Å². The molecule has 0 aromatic rings. The topological polar surface area (TPSA) is 17.1 Å². The first-order valence-corrected chi connectivity index (χ1v) is 7.09. The molecule has 4 atom stereocenters. The summed E-state index contributed by atoms with van der Waals surface area (Å²) in [4.78, 5) is 11.3. The van der Waals surface area contributed by atoms with Crippen LogP contribution in [0.2, 0.25) is 0 Å². The van der Waals surface area contributed by atoms with Gasteiger partial charge in [0, 0.05) is 12.8 Å². The Hall–Kier alpha value is -0.330. The molecule has 2 bridgehead atoms. The van der Waals surface area contributed by atoms with E-state index in [1.54, 1.807) is 0 Å². The van der Waals surface area contributed by atoms with E-state index in [1.807, 2.05) is 0 Å². The van der Waals surface area contributed by atoms with Gasteiger partial charge < -0.3 is 0 Å². The third-order valence-electron chi connectivity index (χ3n) is 5.99. The molecular weight excluding hydrogens is 196 g/mol. The SMILES string of the molecule is CC1(C)[C@H]2CC[C@@H](CC3CCC(=O)C3)[C@@H]1C2.